The molecule has 0 fully saturated rings. The number of aromatic nitrogens is 1. The Morgan fingerprint density at radius 1 is 1.50 bits per heavy atom. The predicted molar refractivity (Wildman–Crippen MR) is 75.7 cm³/mol. The minimum Gasteiger partial charge on any atom is -0.395 e. The van der Waals surface area contributed by atoms with Crippen molar-refractivity contribution in [3.63, 3.8) is 0 Å². The molecule has 0 atom stereocenters. The summed E-state index contributed by atoms with van der Waals surface area (Å²) in [6.07, 6.45) is 1.82. The minimum atomic E-state index is 0.115. The van der Waals surface area contributed by atoms with Crippen molar-refractivity contribution in [2.45, 2.75) is 26.4 Å². The standard InChI is InChI=1S/C14H23N3O/c1-4-8-17(9-10-18)14-7-5-6-13(16-14)11-15-12(2)3/h4-7,12,15,18H,1,8-11H2,2-3H3. The van der Waals surface area contributed by atoms with E-state index < -0.39 is 0 Å². The van der Waals surface area contributed by atoms with E-state index in [1.165, 1.54) is 0 Å². The molecular weight excluding hydrogens is 226 g/mol. The van der Waals surface area contributed by atoms with Crippen molar-refractivity contribution in [2.75, 3.05) is 24.6 Å². The number of pyridine rings is 1. The SMILES string of the molecule is C=CCN(CCO)c1cccc(CNC(C)C)n1. The van der Waals surface area contributed by atoms with E-state index in [9.17, 15) is 0 Å². The molecular formula is C14H23N3O. The first kappa shape index (κ1) is 14.7. The van der Waals surface area contributed by atoms with Gasteiger partial charge in [0, 0.05) is 25.7 Å². The van der Waals surface area contributed by atoms with Gasteiger partial charge < -0.3 is 15.3 Å². The first-order valence-electron chi connectivity index (χ1n) is 6.33. The maximum absolute atomic E-state index is 9.05. The van der Waals surface area contributed by atoms with Crippen molar-refractivity contribution in [2.24, 2.45) is 0 Å². The van der Waals surface area contributed by atoms with Crippen LogP contribution in [0.5, 0.6) is 0 Å². The molecule has 0 saturated carbocycles. The highest BCUT2D eigenvalue weighted by Gasteiger charge is 2.06. The van der Waals surface area contributed by atoms with Crippen molar-refractivity contribution in [1.82, 2.24) is 10.3 Å². The molecule has 4 nitrogen and oxygen atoms in total. The summed E-state index contributed by atoms with van der Waals surface area (Å²) in [6.45, 7) is 10.1. The van der Waals surface area contributed by atoms with Gasteiger partial charge in [-0.3, -0.25) is 0 Å². The molecule has 0 radical (unpaired) electrons. The Morgan fingerprint density at radius 3 is 2.89 bits per heavy atom. The quantitative estimate of drug-likeness (QED) is 0.687. The Morgan fingerprint density at radius 2 is 2.28 bits per heavy atom. The summed E-state index contributed by atoms with van der Waals surface area (Å²) in [4.78, 5) is 6.59. The molecule has 1 heterocycles. The van der Waals surface area contributed by atoms with Gasteiger partial charge in [-0.2, -0.15) is 0 Å². The van der Waals surface area contributed by atoms with Crippen molar-refractivity contribution < 1.29 is 5.11 Å². The molecule has 0 aliphatic heterocycles. The number of rotatable bonds is 8. The second-order valence-corrected chi connectivity index (χ2v) is 4.48. The molecule has 100 valence electrons. The van der Waals surface area contributed by atoms with E-state index in [-0.39, 0.29) is 6.61 Å². The second-order valence-electron chi connectivity index (χ2n) is 4.48. The average Bonchev–Trinajstić information content (AvgIpc) is 2.36. The summed E-state index contributed by atoms with van der Waals surface area (Å²) in [5.41, 5.74) is 1.01. The summed E-state index contributed by atoms with van der Waals surface area (Å²) in [5.74, 6) is 0.881. The highest BCUT2D eigenvalue weighted by Crippen LogP contribution is 2.11. The maximum atomic E-state index is 9.05. The fourth-order valence-electron chi connectivity index (χ4n) is 1.63. The highest BCUT2D eigenvalue weighted by molar-refractivity contribution is 5.40. The van der Waals surface area contributed by atoms with Gasteiger partial charge in [0.05, 0.1) is 12.3 Å². The smallest absolute Gasteiger partial charge is 0.129 e. The van der Waals surface area contributed by atoms with E-state index in [1.807, 2.05) is 29.2 Å². The van der Waals surface area contributed by atoms with E-state index in [0.717, 1.165) is 18.1 Å². The molecule has 0 aromatic carbocycles. The molecule has 1 aromatic heterocycles. The molecule has 0 unspecified atom stereocenters. The van der Waals surface area contributed by atoms with Crippen LogP contribution in [0.15, 0.2) is 30.9 Å². The zero-order valence-electron chi connectivity index (χ0n) is 11.3. The Bertz CT molecular complexity index is 366. The van der Waals surface area contributed by atoms with Crippen LogP contribution in [0.3, 0.4) is 0 Å². The van der Waals surface area contributed by atoms with Gasteiger partial charge in [-0.1, -0.05) is 26.0 Å². The lowest BCUT2D eigenvalue weighted by Crippen LogP contribution is -2.28. The van der Waals surface area contributed by atoms with Crippen molar-refractivity contribution in [3.8, 4) is 0 Å². The fraction of sp³-hybridized carbons (Fsp3) is 0.500. The molecule has 0 aliphatic rings. The van der Waals surface area contributed by atoms with Crippen molar-refractivity contribution in [3.05, 3.63) is 36.5 Å². The number of nitrogens with one attached hydrogen (secondary N) is 1. The molecule has 2 N–H and O–H groups in total. The maximum Gasteiger partial charge on any atom is 0.129 e. The predicted octanol–water partition coefficient (Wildman–Crippen LogP) is 1.56. The van der Waals surface area contributed by atoms with Gasteiger partial charge >= 0.3 is 0 Å². The van der Waals surface area contributed by atoms with Crippen LogP contribution >= 0.6 is 0 Å². The zero-order valence-corrected chi connectivity index (χ0v) is 11.3. The first-order chi connectivity index (χ1) is 8.67. The molecule has 4 heteroatoms. The van der Waals surface area contributed by atoms with Crippen LogP contribution < -0.4 is 10.2 Å². The van der Waals surface area contributed by atoms with Crippen molar-refractivity contribution >= 4 is 5.82 Å². The number of aliphatic hydroxyl groups is 1. The summed E-state index contributed by atoms with van der Waals surface area (Å²) in [7, 11) is 0. The monoisotopic (exact) mass is 249 g/mol. The number of hydrogen-bond donors (Lipinski definition) is 2. The lowest BCUT2D eigenvalue weighted by molar-refractivity contribution is 0.302. The van der Waals surface area contributed by atoms with Crippen LogP contribution in [0.2, 0.25) is 0 Å². The Balaban J connectivity index is 2.74. The van der Waals surface area contributed by atoms with Crippen LogP contribution in [0.1, 0.15) is 19.5 Å². The molecule has 0 saturated heterocycles. The Kier molecular flexibility index (Phi) is 6.39. The van der Waals surface area contributed by atoms with Gasteiger partial charge in [-0.05, 0) is 12.1 Å². The summed E-state index contributed by atoms with van der Waals surface area (Å²) < 4.78 is 0. The third-order valence-electron chi connectivity index (χ3n) is 2.53. The largest absolute Gasteiger partial charge is 0.395 e. The van der Waals surface area contributed by atoms with E-state index in [2.05, 4.69) is 30.7 Å². The van der Waals surface area contributed by atoms with Gasteiger partial charge in [0.2, 0.25) is 0 Å². The van der Waals surface area contributed by atoms with Gasteiger partial charge in [0.1, 0.15) is 5.82 Å². The summed E-state index contributed by atoms with van der Waals surface area (Å²) in [5, 5.41) is 12.4. The summed E-state index contributed by atoms with van der Waals surface area (Å²) in [6, 6.07) is 6.40. The third kappa shape index (κ3) is 4.85. The molecule has 0 bridgehead atoms. The zero-order chi connectivity index (χ0) is 13.4. The molecule has 1 rings (SSSR count). The van der Waals surface area contributed by atoms with Gasteiger partial charge in [0.15, 0.2) is 0 Å². The Hall–Kier alpha value is -1.39. The van der Waals surface area contributed by atoms with Gasteiger partial charge in [0.25, 0.3) is 0 Å². The summed E-state index contributed by atoms with van der Waals surface area (Å²) >= 11 is 0. The van der Waals surface area contributed by atoms with E-state index in [1.54, 1.807) is 0 Å². The van der Waals surface area contributed by atoms with Crippen LogP contribution in [-0.4, -0.2) is 35.8 Å². The molecule has 0 amide bonds. The second kappa shape index (κ2) is 7.84. The number of aliphatic hydroxyl groups excluding tert-OH is 1. The lowest BCUT2D eigenvalue weighted by Gasteiger charge is -2.21. The van der Waals surface area contributed by atoms with Crippen LogP contribution in [0, 0.1) is 0 Å². The van der Waals surface area contributed by atoms with Crippen LogP contribution in [-0.2, 0) is 6.54 Å². The molecule has 0 aliphatic carbocycles. The number of hydrogen-bond acceptors (Lipinski definition) is 4. The molecule has 18 heavy (non-hydrogen) atoms. The number of nitrogens with zero attached hydrogens (tertiary/aromatic N) is 2. The van der Waals surface area contributed by atoms with Gasteiger partial charge in [-0.15, -0.1) is 6.58 Å². The fourth-order valence-corrected chi connectivity index (χ4v) is 1.63. The molecule has 1 aromatic rings. The molecule has 0 spiro atoms. The van der Waals surface area contributed by atoms with Crippen molar-refractivity contribution in [1.29, 1.82) is 0 Å². The van der Waals surface area contributed by atoms with Gasteiger partial charge in [-0.25, -0.2) is 4.98 Å². The van der Waals surface area contributed by atoms with E-state index in [4.69, 9.17) is 5.11 Å². The topological polar surface area (TPSA) is 48.4 Å². The highest BCUT2D eigenvalue weighted by atomic mass is 16.3. The van der Waals surface area contributed by atoms with Crippen LogP contribution in [0.25, 0.3) is 0 Å². The van der Waals surface area contributed by atoms with Crippen LogP contribution in [0.4, 0.5) is 5.82 Å². The van der Waals surface area contributed by atoms with E-state index in [0.29, 0.717) is 19.1 Å². The first-order valence-corrected chi connectivity index (χ1v) is 6.33. The third-order valence-corrected chi connectivity index (χ3v) is 2.53. The average molecular weight is 249 g/mol. The minimum absolute atomic E-state index is 0.115. The Labute approximate surface area is 109 Å². The lowest BCUT2D eigenvalue weighted by atomic mass is 10.3. The normalized spacial score (nSPS) is 10.7. The van der Waals surface area contributed by atoms with E-state index >= 15 is 0 Å². The number of anilines is 1.